The first kappa shape index (κ1) is 20.4. The van der Waals surface area contributed by atoms with E-state index in [2.05, 4.69) is 16.9 Å². The van der Waals surface area contributed by atoms with Gasteiger partial charge in [-0.1, -0.05) is 30.3 Å². The number of benzene rings is 1. The molecule has 2 fully saturated rings. The molecule has 2 aliphatic rings. The number of piperidine rings is 1. The Morgan fingerprint density at radius 2 is 1.89 bits per heavy atom. The molecule has 152 valence electrons. The lowest BCUT2D eigenvalue weighted by Crippen LogP contribution is -2.50. The molecule has 2 heterocycles. The predicted octanol–water partition coefficient (Wildman–Crippen LogP) is 2.41. The van der Waals surface area contributed by atoms with E-state index >= 15 is 0 Å². The van der Waals surface area contributed by atoms with Gasteiger partial charge in [0.15, 0.2) is 0 Å². The highest BCUT2D eigenvalue weighted by atomic mass is 16.5. The Hall–Kier alpha value is -2.37. The van der Waals surface area contributed by atoms with Crippen LogP contribution < -0.4 is 0 Å². The monoisotopic (exact) mass is 386 g/mol. The number of hydrogen-bond donors (Lipinski definition) is 0. The first-order valence-corrected chi connectivity index (χ1v) is 10.2. The number of carbonyl (C=O) groups excluding carboxylic acids is 3. The van der Waals surface area contributed by atoms with Crippen LogP contribution in [-0.4, -0.2) is 60.9 Å². The summed E-state index contributed by atoms with van der Waals surface area (Å²) in [6.45, 7) is 2.69. The fourth-order valence-electron chi connectivity index (χ4n) is 4.38. The predicted molar refractivity (Wildman–Crippen MR) is 105 cm³/mol. The highest BCUT2D eigenvalue weighted by molar-refractivity contribution is 5.86. The number of ether oxygens (including phenoxy) is 1. The quantitative estimate of drug-likeness (QED) is 0.675. The Bertz CT molecular complexity index is 706. The molecular formula is C22H30N2O4. The summed E-state index contributed by atoms with van der Waals surface area (Å²) in [6, 6.07) is 10.2. The van der Waals surface area contributed by atoms with Crippen LogP contribution in [0.15, 0.2) is 30.3 Å². The fraction of sp³-hybridized carbons (Fsp3) is 0.591. The zero-order valence-electron chi connectivity index (χ0n) is 16.7. The van der Waals surface area contributed by atoms with Crippen molar-refractivity contribution >= 4 is 17.8 Å². The van der Waals surface area contributed by atoms with Crippen LogP contribution in [0.3, 0.4) is 0 Å². The third-order valence-corrected chi connectivity index (χ3v) is 6.04. The highest BCUT2D eigenvalue weighted by Gasteiger charge is 2.49. The van der Waals surface area contributed by atoms with Gasteiger partial charge in [0, 0.05) is 39.0 Å². The topological polar surface area (TPSA) is 66.9 Å². The van der Waals surface area contributed by atoms with Crippen LogP contribution in [0.1, 0.15) is 44.1 Å². The number of carbonyl (C=O) groups is 3. The third-order valence-electron chi connectivity index (χ3n) is 6.04. The summed E-state index contributed by atoms with van der Waals surface area (Å²) in [5.74, 6) is -0.0447. The van der Waals surface area contributed by atoms with Gasteiger partial charge in [-0.2, -0.15) is 0 Å². The van der Waals surface area contributed by atoms with E-state index in [9.17, 15) is 14.4 Å². The van der Waals surface area contributed by atoms with Gasteiger partial charge in [0.25, 0.3) is 0 Å². The molecule has 0 aromatic heterocycles. The van der Waals surface area contributed by atoms with Crippen LogP contribution in [0, 0.1) is 5.41 Å². The summed E-state index contributed by atoms with van der Waals surface area (Å²) < 4.78 is 4.61. The van der Waals surface area contributed by atoms with Crippen LogP contribution in [0.2, 0.25) is 0 Å². The van der Waals surface area contributed by atoms with Crippen molar-refractivity contribution in [3.63, 3.8) is 0 Å². The second-order valence-corrected chi connectivity index (χ2v) is 7.91. The van der Waals surface area contributed by atoms with E-state index < -0.39 is 5.41 Å². The normalized spacial score (nSPS) is 22.0. The number of rotatable bonds is 7. The molecule has 2 amide bonds. The largest absolute Gasteiger partial charge is 0.469 e. The minimum Gasteiger partial charge on any atom is -0.469 e. The van der Waals surface area contributed by atoms with Gasteiger partial charge in [0.05, 0.1) is 12.5 Å². The number of likely N-dealkylation sites (tertiary alicyclic amines) is 2. The summed E-state index contributed by atoms with van der Waals surface area (Å²) in [6.07, 6.45) is 4.54. The maximum absolute atomic E-state index is 13.2. The van der Waals surface area contributed by atoms with Crippen LogP contribution in [0.25, 0.3) is 0 Å². The Morgan fingerprint density at radius 1 is 1.11 bits per heavy atom. The van der Waals surface area contributed by atoms with Crippen molar-refractivity contribution in [1.82, 2.24) is 9.80 Å². The standard InChI is InChI=1S/C22H30N2O4/c1-28-20(26)10-5-9-19(25)24-16-13-22(17-24)12-6-14-23(21(22)27)15-11-18-7-3-2-4-8-18/h2-4,7-8H,5-6,9-17H2,1H3/t22-/m1/s1. The van der Waals surface area contributed by atoms with E-state index in [1.807, 2.05) is 28.0 Å². The van der Waals surface area contributed by atoms with Gasteiger partial charge in [0.1, 0.15) is 0 Å². The van der Waals surface area contributed by atoms with Crippen molar-refractivity contribution in [1.29, 1.82) is 0 Å². The maximum atomic E-state index is 13.2. The minimum atomic E-state index is -0.410. The molecule has 6 heteroatoms. The second-order valence-electron chi connectivity index (χ2n) is 7.91. The van der Waals surface area contributed by atoms with E-state index in [4.69, 9.17) is 0 Å². The number of amides is 2. The van der Waals surface area contributed by atoms with Crippen molar-refractivity contribution in [3.8, 4) is 0 Å². The molecule has 0 saturated carbocycles. The molecule has 0 unspecified atom stereocenters. The van der Waals surface area contributed by atoms with Crippen LogP contribution in [0.4, 0.5) is 0 Å². The van der Waals surface area contributed by atoms with Gasteiger partial charge in [0.2, 0.25) is 11.8 Å². The zero-order valence-corrected chi connectivity index (χ0v) is 16.7. The molecule has 28 heavy (non-hydrogen) atoms. The molecule has 2 aliphatic heterocycles. The third kappa shape index (κ3) is 4.72. The molecule has 0 radical (unpaired) electrons. The van der Waals surface area contributed by atoms with Crippen molar-refractivity contribution in [2.24, 2.45) is 5.41 Å². The molecule has 0 aliphatic carbocycles. The molecule has 1 atom stereocenters. The average molecular weight is 386 g/mol. The number of esters is 1. The first-order valence-electron chi connectivity index (χ1n) is 10.2. The average Bonchev–Trinajstić information content (AvgIpc) is 3.15. The number of hydrogen-bond acceptors (Lipinski definition) is 4. The summed E-state index contributed by atoms with van der Waals surface area (Å²) in [7, 11) is 1.35. The molecule has 0 bridgehead atoms. The van der Waals surface area contributed by atoms with E-state index in [0.29, 0.717) is 25.9 Å². The molecule has 0 N–H and O–H groups in total. The SMILES string of the molecule is COC(=O)CCCC(=O)N1CC[C@]2(CCCN(CCc3ccccc3)C2=O)C1. The Kier molecular flexibility index (Phi) is 6.70. The van der Waals surface area contributed by atoms with E-state index in [1.165, 1.54) is 12.7 Å². The summed E-state index contributed by atoms with van der Waals surface area (Å²) in [5.41, 5.74) is 0.830. The Balaban J connectivity index is 1.53. The van der Waals surface area contributed by atoms with Crippen molar-refractivity contribution in [2.45, 2.75) is 44.9 Å². The second kappa shape index (κ2) is 9.22. The van der Waals surface area contributed by atoms with Gasteiger partial charge in [-0.3, -0.25) is 14.4 Å². The van der Waals surface area contributed by atoms with Crippen LogP contribution >= 0.6 is 0 Å². The highest BCUT2D eigenvalue weighted by Crippen LogP contribution is 2.40. The maximum Gasteiger partial charge on any atom is 0.305 e. The zero-order chi connectivity index (χ0) is 20.0. The minimum absolute atomic E-state index is 0.0370. The summed E-state index contributed by atoms with van der Waals surface area (Å²) >= 11 is 0. The van der Waals surface area contributed by atoms with Gasteiger partial charge in [-0.05, 0) is 37.7 Å². The van der Waals surface area contributed by atoms with Gasteiger partial charge in [-0.15, -0.1) is 0 Å². The summed E-state index contributed by atoms with van der Waals surface area (Å²) in [5, 5.41) is 0. The molecule has 1 spiro atoms. The molecular weight excluding hydrogens is 356 g/mol. The molecule has 1 aromatic rings. The van der Waals surface area contributed by atoms with Gasteiger partial charge >= 0.3 is 5.97 Å². The first-order chi connectivity index (χ1) is 13.5. The van der Waals surface area contributed by atoms with E-state index in [0.717, 1.165) is 38.8 Å². The fourth-order valence-corrected chi connectivity index (χ4v) is 4.38. The number of methoxy groups -OCH3 is 1. The van der Waals surface area contributed by atoms with Crippen molar-refractivity contribution < 1.29 is 19.1 Å². The van der Waals surface area contributed by atoms with Crippen LogP contribution in [0.5, 0.6) is 0 Å². The lowest BCUT2D eigenvalue weighted by atomic mass is 9.78. The van der Waals surface area contributed by atoms with Gasteiger partial charge in [-0.25, -0.2) is 0 Å². The van der Waals surface area contributed by atoms with Crippen molar-refractivity contribution in [2.75, 3.05) is 33.3 Å². The molecule has 2 saturated heterocycles. The van der Waals surface area contributed by atoms with E-state index in [-0.39, 0.29) is 24.2 Å². The smallest absolute Gasteiger partial charge is 0.305 e. The van der Waals surface area contributed by atoms with Gasteiger partial charge < -0.3 is 14.5 Å². The molecule has 6 nitrogen and oxygen atoms in total. The Labute approximate surface area is 166 Å². The molecule has 3 rings (SSSR count). The lowest BCUT2D eigenvalue weighted by Gasteiger charge is -2.39. The number of nitrogens with zero attached hydrogens (tertiary/aromatic N) is 2. The van der Waals surface area contributed by atoms with E-state index in [1.54, 1.807) is 0 Å². The lowest BCUT2D eigenvalue weighted by molar-refractivity contribution is -0.146. The Morgan fingerprint density at radius 3 is 2.64 bits per heavy atom. The molecule has 1 aromatic carbocycles. The summed E-state index contributed by atoms with van der Waals surface area (Å²) in [4.78, 5) is 40.7. The van der Waals surface area contributed by atoms with Crippen LogP contribution in [-0.2, 0) is 25.5 Å². The van der Waals surface area contributed by atoms with Crippen molar-refractivity contribution in [3.05, 3.63) is 35.9 Å².